The average Bonchev–Trinajstić information content (AvgIpc) is 3.33. The van der Waals surface area contributed by atoms with E-state index in [2.05, 4.69) is 23.9 Å². The highest BCUT2D eigenvalue weighted by Crippen LogP contribution is 2.21. The maximum Gasteiger partial charge on any atom is 0.291 e. The molecule has 7 heteroatoms. The number of nitrogens with zero attached hydrogens (tertiary/aromatic N) is 3. The molecule has 31 heavy (non-hydrogen) atoms. The average molecular weight is 436 g/mol. The molecular formula is C24H25N3O3S. The van der Waals surface area contributed by atoms with Gasteiger partial charge in [0.05, 0.1) is 17.7 Å². The summed E-state index contributed by atoms with van der Waals surface area (Å²) in [5.74, 6) is 2.12. The van der Waals surface area contributed by atoms with E-state index in [9.17, 15) is 4.79 Å². The Bertz CT molecular complexity index is 1260. The van der Waals surface area contributed by atoms with Crippen LogP contribution in [0, 0.1) is 0 Å². The number of benzene rings is 2. The molecule has 0 aliphatic heterocycles. The van der Waals surface area contributed by atoms with Gasteiger partial charge < -0.3 is 9.47 Å². The molecule has 4 aromatic rings. The van der Waals surface area contributed by atoms with Crippen LogP contribution >= 0.6 is 11.3 Å². The Morgan fingerprint density at radius 1 is 1.00 bits per heavy atom. The number of thiazole rings is 1. The molecule has 0 N–H and O–H groups in total. The number of aromatic nitrogens is 3. The number of para-hydroxylation sites is 1. The van der Waals surface area contributed by atoms with E-state index in [0.29, 0.717) is 28.5 Å². The topological polar surface area (TPSA) is 65.7 Å². The van der Waals surface area contributed by atoms with Gasteiger partial charge in [-0.15, -0.1) is 5.10 Å². The summed E-state index contributed by atoms with van der Waals surface area (Å²) in [5, 5.41) is 4.43. The molecule has 0 bridgehead atoms. The molecule has 0 radical (unpaired) electrons. The van der Waals surface area contributed by atoms with Gasteiger partial charge in [-0.2, -0.15) is 9.50 Å². The van der Waals surface area contributed by atoms with Gasteiger partial charge in [0.25, 0.3) is 5.56 Å². The van der Waals surface area contributed by atoms with Gasteiger partial charge in [0, 0.05) is 11.1 Å². The first kappa shape index (κ1) is 21.1. The highest BCUT2D eigenvalue weighted by atomic mass is 32.1. The molecule has 0 saturated carbocycles. The molecule has 0 spiro atoms. The van der Waals surface area contributed by atoms with Gasteiger partial charge in [-0.05, 0) is 49.2 Å². The third-order valence-corrected chi connectivity index (χ3v) is 5.69. The molecule has 0 fully saturated rings. The molecule has 0 atom stereocenters. The molecule has 2 aromatic carbocycles. The van der Waals surface area contributed by atoms with Crippen LogP contribution in [0.25, 0.3) is 22.4 Å². The molecule has 160 valence electrons. The van der Waals surface area contributed by atoms with E-state index >= 15 is 0 Å². The molecule has 0 unspecified atom stereocenters. The monoisotopic (exact) mass is 435 g/mol. The van der Waals surface area contributed by atoms with Crippen molar-refractivity contribution < 1.29 is 9.47 Å². The van der Waals surface area contributed by atoms with E-state index in [1.54, 1.807) is 0 Å². The summed E-state index contributed by atoms with van der Waals surface area (Å²) in [7, 11) is 0. The first-order valence-electron chi connectivity index (χ1n) is 10.6. The zero-order valence-electron chi connectivity index (χ0n) is 17.7. The number of hydrogen-bond donors (Lipinski definition) is 0. The number of rotatable bonds is 9. The van der Waals surface area contributed by atoms with E-state index in [4.69, 9.17) is 9.47 Å². The second-order valence-corrected chi connectivity index (χ2v) is 8.17. The fourth-order valence-corrected chi connectivity index (χ4v) is 3.97. The Hall–Kier alpha value is -3.19. The van der Waals surface area contributed by atoms with Crippen LogP contribution in [0.5, 0.6) is 11.5 Å². The van der Waals surface area contributed by atoms with Crippen molar-refractivity contribution >= 4 is 22.4 Å². The lowest BCUT2D eigenvalue weighted by Crippen LogP contribution is -2.23. The molecule has 6 nitrogen and oxygen atoms in total. The summed E-state index contributed by atoms with van der Waals surface area (Å²) in [6, 6.07) is 15.4. The van der Waals surface area contributed by atoms with Crippen molar-refractivity contribution in [1.29, 1.82) is 0 Å². The molecule has 0 saturated heterocycles. The van der Waals surface area contributed by atoms with Crippen molar-refractivity contribution in [3.63, 3.8) is 0 Å². The van der Waals surface area contributed by atoms with Crippen LogP contribution < -0.4 is 19.6 Å². The SMILES string of the molecule is CCCCOc1ccc(-c2nc3sc(=Cc4ccccc4OCCC)c(=O)n3n2)cc1. The van der Waals surface area contributed by atoms with Crippen molar-refractivity contribution in [2.24, 2.45) is 0 Å². The molecule has 4 rings (SSSR count). The second-order valence-electron chi connectivity index (χ2n) is 7.16. The first-order chi connectivity index (χ1) is 15.2. The Morgan fingerprint density at radius 2 is 1.81 bits per heavy atom. The van der Waals surface area contributed by atoms with Crippen LogP contribution in [0.1, 0.15) is 38.7 Å². The normalized spacial score (nSPS) is 11.9. The van der Waals surface area contributed by atoms with Crippen LogP contribution in [-0.4, -0.2) is 27.8 Å². The predicted octanol–water partition coefficient (Wildman–Crippen LogP) is 4.33. The summed E-state index contributed by atoms with van der Waals surface area (Å²) in [6.45, 7) is 5.54. The molecular weight excluding hydrogens is 410 g/mol. The van der Waals surface area contributed by atoms with Gasteiger partial charge in [0.1, 0.15) is 11.5 Å². The molecule has 0 amide bonds. The fourth-order valence-electron chi connectivity index (χ4n) is 3.08. The van der Waals surface area contributed by atoms with Crippen molar-refractivity contribution in [1.82, 2.24) is 14.6 Å². The fraction of sp³-hybridized carbons (Fsp3) is 0.292. The summed E-state index contributed by atoms with van der Waals surface area (Å²) >= 11 is 1.32. The quantitative estimate of drug-likeness (QED) is 0.366. The van der Waals surface area contributed by atoms with E-state index in [1.165, 1.54) is 15.9 Å². The Kier molecular flexibility index (Phi) is 6.62. The minimum atomic E-state index is -0.177. The number of unbranched alkanes of at least 4 members (excludes halogenated alkanes) is 1. The maximum absolute atomic E-state index is 12.9. The van der Waals surface area contributed by atoms with Gasteiger partial charge in [-0.3, -0.25) is 4.79 Å². The van der Waals surface area contributed by atoms with Gasteiger partial charge in [0.15, 0.2) is 5.82 Å². The zero-order chi connectivity index (χ0) is 21.6. The van der Waals surface area contributed by atoms with Gasteiger partial charge >= 0.3 is 0 Å². The Morgan fingerprint density at radius 3 is 2.55 bits per heavy atom. The molecule has 0 aliphatic carbocycles. The van der Waals surface area contributed by atoms with Crippen LogP contribution in [0.4, 0.5) is 0 Å². The third-order valence-electron chi connectivity index (χ3n) is 4.73. The van der Waals surface area contributed by atoms with Crippen molar-refractivity contribution in [2.75, 3.05) is 13.2 Å². The van der Waals surface area contributed by atoms with Crippen molar-refractivity contribution in [3.8, 4) is 22.9 Å². The lowest BCUT2D eigenvalue weighted by molar-refractivity contribution is 0.309. The highest BCUT2D eigenvalue weighted by Gasteiger charge is 2.12. The van der Waals surface area contributed by atoms with Gasteiger partial charge in [-0.25, -0.2) is 0 Å². The van der Waals surface area contributed by atoms with E-state index in [-0.39, 0.29) is 5.56 Å². The van der Waals surface area contributed by atoms with Crippen molar-refractivity contribution in [3.05, 3.63) is 69.0 Å². The summed E-state index contributed by atoms with van der Waals surface area (Å²) < 4.78 is 13.4. The standard InChI is InChI=1S/C24H25N3O3S/c1-3-5-15-29-19-12-10-17(11-13-19)22-25-24-27(26-22)23(28)21(31-24)16-18-8-6-7-9-20(18)30-14-4-2/h6-13,16H,3-5,14-15H2,1-2H3. The van der Waals surface area contributed by atoms with Crippen LogP contribution in [0.3, 0.4) is 0 Å². The maximum atomic E-state index is 12.9. The Balaban J connectivity index is 1.61. The Labute approximate surface area is 184 Å². The zero-order valence-corrected chi connectivity index (χ0v) is 18.5. The highest BCUT2D eigenvalue weighted by molar-refractivity contribution is 7.15. The van der Waals surface area contributed by atoms with E-state index in [1.807, 2.05) is 54.6 Å². The number of fused-ring (bicyclic) bond motifs is 1. The van der Waals surface area contributed by atoms with Crippen LogP contribution in [0.2, 0.25) is 0 Å². The molecule has 2 aromatic heterocycles. The first-order valence-corrected chi connectivity index (χ1v) is 11.4. The number of hydrogen-bond acceptors (Lipinski definition) is 6. The summed E-state index contributed by atoms with van der Waals surface area (Å²) in [4.78, 5) is 18.0. The smallest absolute Gasteiger partial charge is 0.291 e. The summed E-state index contributed by atoms with van der Waals surface area (Å²) in [5.41, 5.74) is 1.54. The summed E-state index contributed by atoms with van der Waals surface area (Å²) in [6.07, 6.45) is 4.89. The second kappa shape index (κ2) is 9.75. The van der Waals surface area contributed by atoms with Crippen LogP contribution in [-0.2, 0) is 0 Å². The van der Waals surface area contributed by atoms with Crippen molar-refractivity contribution in [2.45, 2.75) is 33.1 Å². The van der Waals surface area contributed by atoms with Gasteiger partial charge in [-0.1, -0.05) is 49.8 Å². The minimum absolute atomic E-state index is 0.177. The lowest BCUT2D eigenvalue weighted by Gasteiger charge is -2.07. The van der Waals surface area contributed by atoms with E-state index in [0.717, 1.165) is 41.9 Å². The van der Waals surface area contributed by atoms with Crippen LogP contribution in [0.15, 0.2) is 53.3 Å². The van der Waals surface area contributed by atoms with Gasteiger partial charge in [0.2, 0.25) is 4.96 Å². The lowest BCUT2D eigenvalue weighted by atomic mass is 10.2. The minimum Gasteiger partial charge on any atom is -0.494 e. The molecule has 2 heterocycles. The molecule has 0 aliphatic rings. The number of ether oxygens (including phenoxy) is 2. The predicted molar refractivity (Wildman–Crippen MR) is 124 cm³/mol. The largest absolute Gasteiger partial charge is 0.494 e. The van der Waals surface area contributed by atoms with E-state index < -0.39 is 0 Å². The third kappa shape index (κ3) is 4.77.